The number of hydrogen-bond donors (Lipinski definition) is 2. The molecular weight excluding hydrogens is 1020 g/mol. The number of nitrogens with one attached hydrogen (secondary N) is 1. The molecule has 81 heavy (non-hydrogen) atoms. The van der Waals surface area contributed by atoms with Crippen molar-refractivity contribution in [1.82, 2.24) is 5.32 Å². The zero-order valence-electron chi connectivity index (χ0n) is 54.3. The summed E-state index contributed by atoms with van der Waals surface area (Å²) in [4.78, 5) is 37.8. The molecule has 0 aromatic heterocycles. The second kappa shape index (κ2) is 60.8. The predicted molar refractivity (Wildman–Crippen MR) is 351 cm³/mol. The van der Waals surface area contributed by atoms with Gasteiger partial charge >= 0.3 is 13.8 Å². The number of carbonyl (C=O) groups excluding carboxylic acids is 2. The molecule has 3 atom stereocenters. The fraction of sp³-hybridized carbons (Fsp3) is 0.831. The van der Waals surface area contributed by atoms with Crippen LogP contribution in [0.4, 0.5) is 0 Å². The molecule has 2 N–H and O–H groups in total. The van der Waals surface area contributed by atoms with Gasteiger partial charge in [0.05, 0.1) is 33.8 Å². The van der Waals surface area contributed by atoms with Crippen LogP contribution < -0.4 is 5.32 Å². The van der Waals surface area contributed by atoms with Crippen molar-refractivity contribution in [2.45, 2.75) is 341 Å². The minimum atomic E-state index is -4.46. The van der Waals surface area contributed by atoms with Gasteiger partial charge in [0, 0.05) is 12.8 Å². The summed E-state index contributed by atoms with van der Waals surface area (Å²) >= 11 is 0. The highest BCUT2D eigenvalue weighted by atomic mass is 31.2. The van der Waals surface area contributed by atoms with E-state index in [0.29, 0.717) is 17.4 Å². The van der Waals surface area contributed by atoms with Crippen LogP contribution in [0, 0.1) is 0 Å². The Labute approximate surface area is 502 Å². The largest absolute Gasteiger partial charge is 0.472 e. The number of likely N-dealkylation sites (N-methyl/N-ethyl adjacent to an activating group) is 1. The zero-order valence-corrected chi connectivity index (χ0v) is 55.2. The molecule has 0 radical (unpaired) electrons. The number of amides is 1. The molecule has 0 spiro atoms. The van der Waals surface area contributed by atoms with Gasteiger partial charge < -0.3 is 19.4 Å². The van der Waals surface area contributed by atoms with Crippen LogP contribution >= 0.6 is 7.82 Å². The van der Waals surface area contributed by atoms with Crippen LogP contribution in [0.1, 0.15) is 329 Å². The number of esters is 1. The Bertz CT molecular complexity index is 1570. The van der Waals surface area contributed by atoms with Crippen LogP contribution in [-0.4, -0.2) is 74.3 Å². The van der Waals surface area contributed by atoms with E-state index in [2.05, 4.69) is 74.7 Å². The van der Waals surface area contributed by atoms with Gasteiger partial charge in [-0.15, -0.1) is 0 Å². The topological polar surface area (TPSA) is 111 Å². The van der Waals surface area contributed by atoms with E-state index < -0.39 is 20.0 Å². The average Bonchev–Trinajstić information content (AvgIpc) is 3.44. The lowest BCUT2D eigenvalue weighted by Crippen LogP contribution is -2.47. The maximum absolute atomic E-state index is 13.5. The summed E-state index contributed by atoms with van der Waals surface area (Å²) in [5, 5.41) is 3.03. The number of hydrogen-bond acceptors (Lipinski definition) is 6. The number of phosphoric ester groups is 1. The third-order valence-electron chi connectivity index (χ3n) is 15.5. The Kier molecular flexibility index (Phi) is 59.1. The lowest BCUT2D eigenvalue weighted by atomic mass is 10.0. The molecule has 0 aliphatic carbocycles. The Hall–Kier alpha value is -2.29. The molecule has 0 saturated heterocycles. The molecular formula is C71H134N2O7P+. The van der Waals surface area contributed by atoms with Gasteiger partial charge in [0.1, 0.15) is 19.3 Å². The van der Waals surface area contributed by atoms with Gasteiger partial charge in [-0.05, 0) is 70.3 Å². The second-order valence-corrected chi connectivity index (χ2v) is 26.2. The maximum Gasteiger partial charge on any atom is 0.472 e. The number of carbonyl (C=O) groups is 2. The van der Waals surface area contributed by atoms with E-state index in [4.69, 9.17) is 13.8 Å². The van der Waals surface area contributed by atoms with Crippen molar-refractivity contribution < 1.29 is 37.3 Å². The van der Waals surface area contributed by atoms with E-state index in [9.17, 15) is 19.0 Å². The Balaban J connectivity index is 5.02. The van der Waals surface area contributed by atoms with Crippen LogP contribution in [-0.2, 0) is 27.9 Å². The molecule has 9 nitrogen and oxygen atoms in total. The molecule has 0 rings (SSSR count). The molecule has 0 fully saturated rings. The number of nitrogens with zero attached hydrogens (tertiary/aromatic N) is 1. The first-order valence-electron chi connectivity index (χ1n) is 34.6. The minimum Gasteiger partial charge on any atom is -0.456 e. The fourth-order valence-corrected chi connectivity index (χ4v) is 10.8. The van der Waals surface area contributed by atoms with E-state index in [1.54, 1.807) is 0 Å². The number of quaternary nitrogens is 1. The number of unbranched alkanes of at least 4 members (excludes halogenated alkanes) is 39. The number of ether oxygens (including phenoxy) is 1. The van der Waals surface area contributed by atoms with Crippen molar-refractivity contribution in [2.75, 3.05) is 40.9 Å². The van der Waals surface area contributed by atoms with Crippen molar-refractivity contribution in [1.29, 1.82) is 0 Å². The first-order chi connectivity index (χ1) is 39.4. The molecule has 0 aromatic carbocycles. The molecule has 0 aliphatic heterocycles. The quantitative estimate of drug-likeness (QED) is 0.0205. The highest BCUT2D eigenvalue weighted by Crippen LogP contribution is 2.43. The first kappa shape index (κ1) is 78.7. The van der Waals surface area contributed by atoms with E-state index in [1.165, 1.54) is 225 Å². The van der Waals surface area contributed by atoms with Crippen molar-refractivity contribution in [2.24, 2.45) is 0 Å². The van der Waals surface area contributed by atoms with Crippen LogP contribution in [0.2, 0.25) is 0 Å². The predicted octanol–water partition coefficient (Wildman–Crippen LogP) is 21.8. The monoisotopic (exact) mass is 1160 g/mol. The van der Waals surface area contributed by atoms with Gasteiger partial charge in [-0.1, -0.05) is 307 Å². The van der Waals surface area contributed by atoms with Crippen LogP contribution in [0.5, 0.6) is 0 Å². The maximum atomic E-state index is 13.5. The smallest absolute Gasteiger partial charge is 0.456 e. The second-order valence-electron chi connectivity index (χ2n) is 24.7. The summed E-state index contributed by atoms with van der Waals surface area (Å²) in [6, 6.07) is -0.876. The molecule has 10 heteroatoms. The number of allylic oxidation sites excluding steroid dienone is 9. The van der Waals surface area contributed by atoms with Gasteiger partial charge in [-0.3, -0.25) is 18.6 Å². The van der Waals surface area contributed by atoms with Crippen molar-refractivity contribution in [3.63, 3.8) is 0 Å². The zero-order chi connectivity index (χ0) is 59.3. The van der Waals surface area contributed by atoms with Crippen LogP contribution in [0.3, 0.4) is 0 Å². The molecule has 3 unspecified atom stereocenters. The van der Waals surface area contributed by atoms with Gasteiger partial charge in [-0.2, -0.15) is 0 Å². The third kappa shape index (κ3) is 62.1. The van der Waals surface area contributed by atoms with Crippen molar-refractivity contribution in [3.8, 4) is 0 Å². The lowest BCUT2D eigenvalue weighted by molar-refractivity contribution is -0.870. The van der Waals surface area contributed by atoms with Crippen molar-refractivity contribution >= 4 is 19.7 Å². The standard InChI is InChI=1S/C71H133N2O7P/c1-7-10-13-16-19-22-25-27-29-31-32-33-34-35-36-37-38-39-40-42-44-46-49-52-55-58-61-64-71(75)80-69(62-59-56-53-50-47-24-21-18-15-12-9-3)68(67-79-81(76,77)78-66-65-73(4,5)6)72-70(74)63-60-57-54-51-48-45-43-41-30-28-26-23-20-17-14-11-8-2/h20,23,28,30,43,45,51,54,59,62,68-69H,7-19,21-22,24-27,29,31-42,44,46-50,52-53,55-58,60-61,63-67H2,1-6H3,(H-,72,74,76,77)/p+1/b23-20-,30-28-,45-43-,54-51-,62-59-. The summed E-state index contributed by atoms with van der Waals surface area (Å²) in [5.41, 5.74) is 0. The van der Waals surface area contributed by atoms with Gasteiger partial charge in [0.25, 0.3) is 0 Å². The molecule has 474 valence electrons. The third-order valence-corrected chi connectivity index (χ3v) is 16.4. The molecule has 0 heterocycles. The van der Waals surface area contributed by atoms with E-state index >= 15 is 0 Å². The van der Waals surface area contributed by atoms with Crippen LogP contribution in [0.15, 0.2) is 60.8 Å². The summed E-state index contributed by atoms with van der Waals surface area (Å²) in [7, 11) is 1.47. The molecule has 0 aliphatic rings. The normalized spacial score (nSPS) is 13.9. The highest BCUT2D eigenvalue weighted by molar-refractivity contribution is 7.47. The summed E-state index contributed by atoms with van der Waals surface area (Å²) in [6.45, 7) is 6.97. The average molecular weight is 1160 g/mol. The SMILES string of the molecule is CCCCC/C=C\C/C=C\C/C=C\C/C=C\CCCC(=O)NC(COP(=O)(O)OCC[N+](C)(C)C)C(/C=C\CCCCCCCCCCC)OC(=O)CCCCCCCCCCCCCCCCCCCCCCCCCCCCC. The number of phosphoric acid groups is 1. The Morgan fingerprint density at radius 3 is 1.17 bits per heavy atom. The van der Waals surface area contributed by atoms with Crippen molar-refractivity contribution in [3.05, 3.63) is 60.8 Å². The van der Waals surface area contributed by atoms with Crippen LogP contribution in [0.25, 0.3) is 0 Å². The molecule has 0 saturated carbocycles. The Morgan fingerprint density at radius 2 is 0.765 bits per heavy atom. The van der Waals surface area contributed by atoms with Gasteiger partial charge in [-0.25, -0.2) is 4.57 Å². The molecule has 0 aromatic rings. The lowest BCUT2D eigenvalue weighted by Gasteiger charge is -2.27. The molecule has 0 bridgehead atoms. The molecule has 1 amide bonds. The van der Waals surface area contributed by atoms with E-state index in [0.717, 1.165) is 64.2 Å². The number of rotatable bonds is 63. The van der Waals surface area contributed by atoms with E-state index in [-0.39, 0.29) is 37.9 Å². The summed E-state index contributed by atoms with van der Waals surface area (Å²) < 4.78 is 30.7. The first-order valence-corrected chi connectivity index (χ1v) is 36.1. The van der Waals surface area contributed by atoms with Gasteiger partial charge in [0.2, 0.25) is 5.91 Å². The summed E-state index contributed by atoms with van der Waals surface area (Å²) in [5.74, 6) is -0.560. The van der Waals surface area contributed by atoms with Gasteiger partial charge in [0.15, 0.2) is 0 Å². The highest BCUT2D eigenvalue weighted by Gasteiger charge is 2.30. The summed E-state index contributed by atoms with van der Waals surface area (Å²) in [6.07, 6.45) is 78.3. The minimum absolute atomic E-state index is 0.0303. The fourth-order valence-electron chi connectivity index (χ4n) is 10.1. The van der Waals surface area contributed by atoms with E-state index in [1.807, 2.05) is 33.3 Å². The Morgan fingerprint density at radius 1 is 0.432 bits per heavy atom.